The number of anilines is 1. The third-order valence-electron chi connectivity index (χ3n) is 4.87. The number of rotatable bonds is 5. The molecule has 3 aromatic rings. The fraction of sp³-hybridized carbons (Fsp3) is 0.318. The summed E-state index contributed by atoms with van der Waals surface area (Å²) in [6.45, 7) is 5.75. The van der Waals surface area contributed by atoms with E-state index in [4.69, 9.17) is 14.6 Å². The van der Waals surface area contributed by atoms with Crippen molar-refractivity contribution in [1.29, 1.82) is 0 Å². The molecule has 1 atom stereocenters. The smallest absolute Gasteiger partial charge is 0.475 e. The first kappa shape index (κ1) is 26.0. The van der Waals surface area contributed by atoms with Crippen LogP contribution in [0.2, 0.25) is 0 Å². The van der Waals surface area contributed by atoms with Gasteiger partial charge in [0.15, 0.2) is 0 Å². The maximum Gasteiger partial charge on any atom is 0.490 e. The molecule has 13 heteroatoms. The molecule has 1 fully saturated rings. The Bertz CT molecular complexity index is 1180. The first-order valence-electron chi connectivity index (χ1n) is 10.4. The molecule has 1 amide bonds. The Morgan fingerprint density at radius 1 is 1.23 bits per heavy atom. The summed E-state index contributed by atoms with van der Waals surface area (Å²) < 4.78 is 37.4. The minimum Gasteiger partial charge on any atom is -0.475 e. The fourth-order valence-corrected chi connectivity index (χ4v) is 4.23. The number of ether oxygens (including phenoxy) is 1. The van der Waals surface area contributed by atoms with E-state index >= 15 is 0 Å². The number of thiazole rings is 1. The van der Waals surface area contributed by atoms with Gasteiger partial charge in [0.25, 0.3) is 5.91 Å². The summed E-state index contributed by atoms with van der Waals surface area (Å²) in [7, 11) is 0. The van der Waals surface area contributed by atoms with Crippen LogP contribution in [0.25, 0.3) is 0 Å². The van der Waals surface area contributed by atoms with E-state index in [0.717, 1.165) is 41.5 Å². The summed E-state index contributed by atoms with van der Waals surface area (Å²) in [5.41, 5.74) is 2.41. The molecule has 3 heterocycles. The molecule has 1 aliphatic rings. The normalized spacial score (nSPS) is 15.2. The van der Waals surface area contributed by atoms with Crippen LogP contribution in [0.5, 0.6) is 11.8 Å². The number of carboxylic acids is 1. The van der Waals surface area contributed by atoms with Crippen molar-refractivity contribution in [3.8, 4) is 11.8 Å². The maximum absolute atomic E-state index is 12.8. The van der Waals surface area contributed by atoms with Gasteiger partial charge in [0.1, 0.15) is 10.6 Å². The van der Waals surface area contributed by atoms with Gasteiger partial charge in [-0.15, -0.1) is 11.3 Å². The Hall–Kier alpha value is -3.58. The average molecular weight is 510 g/mol. The number of nitrogens with zero attached hydrogens (tertiary/aromatic N) is 3. The summed E-state index contributed by atoms with van der Waals surface area (Å²) in [4.78, 5) is 35.1. The Morgan fingerprint density at radius 3 is 2.49 bits per heavy atom. The monoisotopic (exact) mass is 509 g/mol. The predicted molar refractivity (Wildman–Crippen MR) is 122 cm³/mol. The number of aromatic nitrogens is 3. The van der Waals surface area contributed by atoms with Crippen LogP contribution in [0, 0.1) is 13.8 Å². The molecule has 9 nitrogen and oxygen atoms in total. The Kier molecular flexibility index (Phi) is 8.35. The van der Waals surface area contributed by atoms with Gasteiger partial charge in [-0.3, -0.25) is 4.79 Å². The molecule has 0 aliphatic carbocycles. The van der Waals surface area contributed by atoms with Gasteiger partial charge in [0.05, 0.1) is 10.7 Å². The van der Waals surface area contributed by atoms with Gasteiger partial charge in [-0.05, 0) is 56.6 Å². The molecule has 1 saturated heterocycles. The molecule has 2 aromatic heterocycles. The third kappa shape index (κ3) is 7.20. The number of aryl methyl sites for hydroxylation is 2. The van der Waals surface area contributed by atoms with Crippen LogP contribution in [0.3, 0.4) is 0 Å². The van der Waals surface area contributed by atoms with Gasteiger partial charge in [0.2, 0.25) is 0 Å². The van der Waals surface area contributed by atoms with Crippen molar-refractivity contribution in [2.75, 3.05) is 18.4 Å². The van der Waals surface area contributed by atoms with E-state index in [1.807, 2.05) is 26.0 Å². The number of hydrogen-bond acceptors (Lipinski definition) is 8. The summed E-state index contributed by atoms with van der Waals surface area (Å²) in [5.74, 6) is -1.86. The van der Waals surface area contributed by atoms with Gasteiger partial charge in [0, 0.05) is 30.5 Å². The quantitative estimate of drug-likeness (QED) is 0.465. The number of halogens is 3. The number of amides is 1. The van der Waals surface area contributed by atoms with Crippen LogP contribution in [0.15, 0.2) is 36.7 Å². The van der Waals surface area contributed by atoms with Crippen molar-refractivity contribution in [3.05, 3.63) is 57.8 Å². The van der Waals surface area contributed by atoms with E-state index < -0.39 is 12.1 Å². The number of carboxylic acid groups (broad SMARTS) is 1. The number of carbonyl (C=O) groups is 2. The van der Waals surface area contributed by atoms with Crippen LogP contribution in [-0.2, 0) is 4.79 Å². The van der Waals surface area contributed by atoms with Crippen molar-refractivity contribution in [1.82, 2.24) is 20.3 Å². The highest BCUT2D eigenvalue weighted by molar-refractivity contribution is 7.14. The number of hydrogen-bond donors (Lipinski definition) is 3. The molecule has 1 unspecified atom stereocenters. The molecule has 186 valence electrons. The minimum absolute atomic E-state index is 0.129. The SMILES string of the molecule is Cc1cc(Oc2ncccn2)ccc1NC(=O)c1sc(C2CCNC2)nc1C.O=C(O)C(F)(F)F. The van der Waals surface area contributed by atoms with Crippen LogP contribution >= 0.6 is 11.3 Å². The highest BCUT2D eigenvalue weighted by atomic mass is 32.1. The molecule has 0 spiro atoms. The molecular formula is C22H22F3N5O4S. The van der Waals surface area contributed by atoms with Crippen LogP contribution < -0.4 is 15.4 Å². The second-order valence-corrected chi connectivity index (χ2v) is 8.55. The Morgan fingerprint density at radius 2 is 1.91 bits per heavy atom. The van der Waals surface area contributed by atoms with Crippen molar-refractivity contribution in [2.45, 2.75) is 32.4 Å². The van der Waals surface area contributed by atoms with Crippen LogP contribution in [0.4, 0.5) is 18.9 Å². The summed E-state index contributed by atoms with van der Waals surface area (Å²) >= 11 is 1.49. The first-order valence-corrected chi connectivity index (χ1v) is 11.2. The topological polar surface area (TPSA) is 126 Å². The second kappa shape index (κ2) is 11.2. The van der Waals surface area contributed by atoms with Crippen molar-refractivity contribution >= 4 is 28.9 Å². The number of aliphatic carboxylic acids is 1. The molecule has 1 aromatic carbocycles. The zero-order chi connectivity index (χ0) is 25.6. The summed E-state index contributed by atoms with van der Waals surface area (Å²) in [6.07, 6.45) is -0.770. The van der Waals surface area contributed by atoms with E-state index in [9.17, 15) is 18.0 Å². The number of benzene rings is 1. The first-order chi connectivity index (χ1) is 16.5. The molecule has 4 rings (SSSR count). The van der Waals surface area contributed by atoms with E-state index in [-0.39, 0.29) is 11.9 Å². The van der Waals surface area contributed by atoms with Gasteiger partial charge in [-0.2, -0.15) is 13.2 Å². The lowest BCUT2D eigenvalue weighted by molar-refractivity contribution is -0.192. The van der Waals surface area contributed by atoms with Crippen LogP contribution in [-0.4, -0.2) is 51.2 Å². The molecule has 35 heavy (non-hydrogen) atoms. The summed E-state index contributed by atoms with van der Waals surface area (Å²) in [5, 5.41) is 14.5. The van der Waals surface area contributed by atoms with Gasteiger partial charge in [-0.25, -0.2) is 19.7 Å². The standard InChI is InChI=1S/C20H21N5O2S.C2HF3O2/c1-12-10-15(27-20-22-7-3-8-23-20)4-5-16(12)25-18(26)17-13(2)24-19(28-17)14-6-9-21-11-14;3-2(4,5)1(6)7/h3-5,7-8,10,14,21H,6,9,11H2,1-2H3,(H,25,26);(H,6,7). The predicted octanol–water partition coefficient (Wildman–Crippen LogP) is 4.30. The largest absolute Gasteiger partial charge is 0.490 e. The maximum atomic E-state index is 12.8. The van der Waals surface area contributed by atoms with E-state index in [1.54, 1.807) is 24.5 Å². The highest BCUT2D eigenvalue weighted by Crippen LogP contribution is 2.30. The second-order valence-electron chi connectivity index (χ2n) is 7.52. The minimum atomic E-state index is -5.08. The fourth-order valence-electron chi connectivity index (χ4n) is 3.13. The molecule has 0 saturated carbocycles. The highest BCUT2D eigenvalue weighted by Gasteiger charge is 2.38. The zero-order valence-corrected chi connectivity index (χ0v) is 19.5. The van der Waals surface area contributed by atoms with E-state index in [2.05, 4.69) is 25.6 Å². The molecule has 3 N–H and O–H groups in total. The number of nitrogens with one attached hydrogen (secondary N) is 2. The average Bonchev–Trinajstić information content (AvgIpc) is 3.46. The van der Waals surface area contributed by atoms with Gasteiger partial charge >= 0.3 is 18.2 Å². The van der Waals surface area contributed by atoms with E-state index in [1.165, 1.54) is 11.3 Å². The van der Waals surface area contributed by atoms with E-state index in [0.29, 0.717) is 16.5 Å². The van der Waals surface area contributed by atoms with Gasteiger partial charge < -0.3 is 20.5 Å². The summed E-state index contributed by atoms with van der Waals surface area (Å²) in [6, 6.07) is 7.47. The van der Waals surface area contributed by atoms with Crippen molar-refractivity contribution in [2.24, 2.45) is 0 Å². The lowest BCUT2D eigenvalue weighted by atomic mass is 10.1. The molecular weight excluding hydrogens is 487 g/mol. The molecule has 1 aliphatic heterocycles. The number of carbonyl (C=O) groups excluding carboxylic acids is 1. The van der Waals surface area contributed by atoms with Crippen molar-refractivity contribution < 1.29 is 32.6 Å². The molecule has 0 bridgehead atoms. The third-order valence-corrected chi connectivity index (χ3v) is 6.19. The Balaban J connectivity index is 0.000000429. The lowest BCUT2D eigenvalue weighted by Gasteiger charge is -2.10. The zero-order valence-electron chi connectivity index (χ0n) is 18.7. The van der Waals surface area contributed by atoms with Crippen LogP contribution in [0.1, 0.15) is 38.3 Å². The number of alkyl halides is 3. The van der Waals surface area contributed by atoms with Crippen molar-refractivity contribution in [3.63, 3.8) is 0 Å². The Labute approximate surface area is 202 Å². The van der Waals surface area contributed by atoms with Gasteiger partial charge in [-0.1, -0.05) is 0 Å². The molecule has 0 radical (unpaired) electrons. The lowest BCUT2D eigenvalue weighted by Crippen LogP contribution is -2.21.